The summed E-state index contributed by atoms with van der Waals surface area (Å²) in [4.78, 5) is 17.0. The zero-order valence-corrected chi connectivity index (χ0v) is 19.5. The van der Waals surface area contributed by atoms with Gasteiger partial charge in [0.25, 0.3) is 0 Å². The molecule has 3 N–H and O–H groups in total. The number of pyridine rings is 1. The van der Waals surface area contributed by atoms with Gasteiger partial charge in [-0.1, -0.05) is 75.9 Å². The van der Waals surface area contributed by atoms with Crippen LogP contribution in [0.2, 0.25) is 0 Å². The molecule has 5 nitrogen and oxygen atoms in total. The lowest BCUT2D eigenvalue weighted by molar-refractivity contribution is -0.170. The van der Waals surface area contributed by atoms with E-state index in [0.29, 0.717) is 16.7 Å². The molecule has 34 heavy (non-hydrogen) atoms. The number of rotatable bonds is 8. The molecular formula is C28H30FNO4. The molecule has 0 amide bonds. The second-order valence-corrected chi connectivity index (χ2v) is 9.54. The third-order valence-corrected chi connectivity index (χ3v) is 6.15. The smallest absolute Gasteiger partial charge is 0.310 e. The topological polar surface area (TPSA) is 90.7 Å². The molecule has 0 aliphatic carbocycles. The summed E-state index contributed by atoms with van der Waals surface area (Å²) in [6.45, 7) is 9.18. The van der Waals surface area contributed by atoms with Crippen LogP contribution in [0.5, 0.6) is 0 Å². The largest absolute Gasteiger partial charge is 0.481 e. The standard InChI is InChI=1S/C28H30FNO4/c1-18(19-10-6-5-7-11-19)24(31)23(20-13-15-21(29)16-14-20)28(34,22-12-8-9-17-30-22)25(26(32)33)27(2,3)4/h5-17,23-25,31,34H,1H2,2-4H3,(H,32,33). The Morgan fingerprint density at radius 3 is 2.06 bits per heavy atom. The first-order valence-electron chi connectivity index (χ1n) is 11.0. The van der Waals surface area contributed by atoms with Gasteiger partial charge >= 0.3 is 5.97 Å². The van der Waals surface area contributed by atoms with Crippen LogP contribution in [-0.4, -0.2) is 32.4 Å². The van der Waals surface area contributed by atoms with E-state index < -0.39 is 40.7 Å². The van der Waals surface area contributed by atoms with Crippen LogP contribution in [0.4, 0.5) is 4.39 Å². The zero-order chi connectivity index (χ0) is 25.1. The van der Waals surface area contributed by atoms with Gasteiger partial charge in [-0.15, -0.1) is 0 Å². The number of hydrogen-bond acceptors (Lipinski definition) is 4. The zero-order valence-electron chi connectivity index (χ0n) is 19.5. The number of aliphatic hydroxyl groups excluding tert-OH is 1. The van der Waals surface area contributed by atoms with Crippen LogP contribution < -0.4 is 0 Å². The summed E-state index contributed by atoms with van der Waals surface area (Å²) < 4.78 is 13.8. The first-order valence-corrected chi connectivity index (χ1v) is 11.0. The van der Waals surface area contributed by atoms with E-state index in [1.807, 2.05) is 6.07 Å². The van der Waals surface area contributed by atoms with Crippen molar-refractivity contribution in [3.63, 3.8) is 0 Å². The molecule has 2 aromatic carbocycles. The van der Waals surface area contributed by atoms with Crippen LogP contribution in [0.15, 0.2) is 85.6 Å². The Morgan fingerprint density at radius 2 is 1.56 bits per heavy atom. The minimum atomic E-state index is -2.18. The number of carboxylic acid groups (broad SMARTS) is 1. The predicted molar refractivity (Wildman–Crippen MR) is 129 cm³/mol. The van der Waals surface area contributed by atoms with E-state index in [-0.39, 0.29) is 5.69 Å². The van der Waals surface area contributed by atoms with E-state index in [1.54, 1.807) is 57.2 Å². The molecule has 4 unspecified atom stereocenters. The normalized spacial score (nSPS) is 16.2. The Bertz CT molecular complexity index is 1130. The summed E-state index contributed by atoms with van der Waals surface area (Å²) in [5.41, 5.74) is -1.75. The van der Waals surface area contributed by atoms with Crippen LogP contribution >= 0.6 is 0 Å². The first kappa shape index (κ1) is 25.3. The summed E-state index contributed by atoms with van der Waals surface area (Å²) >= 11 is 0. The minimum absolute atomic E-state index is 0.0894. The Kier molecular flexibility index (Phi) is 7.34. The fourth-order valence-corrected chi connectivity index (χ4v) is 4.68. The van der Waals surface area contributed by atoms with Crippen molar-refractivity contribution in [3.05, 3.63) is 108 Å². The molecule has 0 saturated carbocycles. The van der Waals surface area contributed by atoms with E-state index in [4.69, 9.17) is 0 Å². The van der Waals surface area contributed by atoms with Crippen LogP contribution in [0, 0.1) is 17.2 Å². The van der Waals surface area contributed by atoms with Crippen LogP contribution in [-0.2, 0) is 10.4 Å². The SMILES string of the molecule is C=C(c1ccccc1)C(O)C(c1ccc(F)cc1)C(O)(c1ccccn1)C(C(=O)O)C(C)(C)C. The summed E-state index contributed by atoms with van der Waals surface area (Å²) in [6, 6.07) is 19.1. The van der Waals surface area contributed by atoms with Gasteiger partial charge in [0.05, 0.1) is 17.7 Å². The number of nitrogens with zero attached hydrogens (tertiary/aromatic N) is 1. The van der Waals surface area contributed by atoms with Gasteiger partial charge in [0.2, 0.25) is 0 Å². The van der Waals surface area contributed by atoms with Gasteiger partial charge in [-0.25, -0.2) is 4.39 Å². The fraction of sp³-hybridized carbons (Fsp3) is 0.286. The van der Waals surface area contributed by atoms with Gasteiger partial charge in [-0.3, -0.25) is 9.78 Å². The third-order valence-electron chi connectivity index (χ3n) is 6.15. The van der Waals surface area contributed by atoms with Crippen molar-refractivity contribution in [1.82, 2.24) is 4.98 Å². The molecule has 0 aliphatic rings. The van der Waals surface area contributed by atoms with Crippen LogP contribution in [0.1, 0.15) is 43.5 Å². The van der Waals surface area contributed by atoms with Crippen molar-refractivity contribution in [2.45, 2.75) is 38.4 Å². The number of carboxylic acids is 1. The molecule has 0 saturated heterocycles. The second-order valence-electron chi connectivity index (χ2n) is 9.54. The lowest BCUT2D eigenvalue weighted by Crippen LogP contribution is -2.53. The monoisotopic (exact) mass is 463 g/mol. The quantitative estimate of drug-likeness (QED) is 0.437. The van der Waals surface area contributed by atoms with Gasteiger partial charge in [-0.05, 0) is 46.4 Å². The van der Waals surface area contributed by atoms with E-state index >= 15 is 0 Å². The molecule has 4 atom stereocenters. The fourth-order valence-electron chi connectivity index (χ4n) is 4.68. The van der Waals surface area contributed by atoms with E-state index in [0.717, 1.165) is 0 Å². The molecule has 0 spiro atoms. The number of halogens is 1. The maximum absolute atomic E-state index is 13.8. The average molecular weight is 464 g/mol. The van der Waals surface area contributed by atoms with Crippen molar-refractivity contribution in [2.75, 3.05) is 0 Å². The average Bonchev–Trinajstić information content (AvgIpc) is 2.80. The maximum Gasteiger partial charge on any atom is 0.310 e. The predicted octanol–water partition coefficient (Wildman–Crippen LogP) is 5.01. The molecule has 178 valence electrons. The molecule has 0 fully saturated rings. The first-order chi connectivity index (χ1) is 16.0. The molecule has 1 aromatic heterocycles. The van der Waals surface area contributed by atoms with E-state index in [9.17, 15) is 24.5 Å². The number of hydrogen-bond donors (Lipinski definition) is 3. The Balaban J connectivity index is 2.33. The molecule has 0 bridgehead atoms. The number of aliphatic carboxylic acids is 1. The molecule has 0 radical (unpaired) electrons. The van der Waals surface area contributed by atoms with Crippen LogP contribution in [0.25, 0.3) is 5.57 Å². The Labute approximate surface area is 199 Å². The summed E-state index contributed by atoms with van der Waals surface area (Å²) in [5.74, 6) is -4.35. The van der Waals surface area contributed by atoms with Gasteiger partial charge < -0.3 is 15.3 Å². The van der Waals surface area contributed by atoms with Gasteiger partial charge in [-0.2, -0.15) is 0 Å². The maximum atomic E-state index is 13.8. The van der Waals surface area contributed by atoms with Crippen molar-refractivity contribution >= 4 is 11.5 Å². The summed E-state index contributed by atoms with van der Waals surface area (Å²) in [7, 11) is 0. The van der Waals surface area contributed by atoms with Gasteiger partial charge in [0.15, 0.2) is 0 Å². The number of carbonyl (C=O) groups is 1. The molecule has 0 aliphatic heterocycles. The molecular weight excluding hydrogens is 433 g/mol. The lowest BCUT2D eigenvalue weighted by Gasteiger charge is -2.47. The molecule has 3 aromatic rings. The Hall–Kier alpha value is -3.35. The molecule has 6 heteroatoms. The van der Waals surface area contributed by atoms with Crippen LogP contribution in [0.3, 0.4) is 0 Å². The minimum Gasteiger partial charge on any atom is -0.481 e. The summed E-state index contributed by atoms with van der Waals surface area (Å²) in [5, 5.41) is 34.5. The number of aliphatic hydroxyl groups is 2. The van der Waals surface area contributed by atoms with E-state index in [2.05, 4.69) is 11.6 Å². The number of aromatic nitrogens is 1. The highest BCUT2D eigenvalue weighted by atomic mass is 19.1. The van der Waals surface area contributed by atoms with Crippen molar-refractivity contribution in [3.8, 4) is 0 Å². The second kappa shape index (κ2) is 9.87. The van der Waals surface area contributed by atoms with E-state index in [1.165, 1.54) is 36.5 Å². The van der Waals surface area contributed by atoms with Crippen molar-refractivity contribution in [2.24, 2.45) is 11.3 Å². The number of benzene rings is 2. The van der Waals surface area contributed by atoms with Gasteiger partial charge in [0, 0.05) is 12.1 Å². The van der Waals surface area contributed by atoms with Crippen molar-refractivity contribution < 1.29 is 24.5 Å². The van der Waals surface area contributed by atoms with Gasteiger partial charge in [0.1, 0.15) is 11.4 Å². The highest BCUT2D eigenvalue weighted by molar-refractivity contribution is 5.74. The Morgan fingerprint density at radius 1 is 0.971 bits per heavy atom. The van der Waals surface area contributed by atoms with Crippen molar-refractivity contribution in [1.29, 1.82) is 0 Å². The summed E-state index contributed by atoms with van der Waals surface area (Å²) in [6.07, 6.45) is 0.0474. The molecule has 3 rings (SSSR count). The molecule has 1 heterocycles. The highest BCUT2D eigenvalue weighted by Crippen LogP contribution is 2.51. The lowest BCUT2D eigenvalue weighted by atomic mass is 9.60. The highest BCUT2D eigenvalue weighted by Gasteiger charge is 2.57. The third kappa shape index (κ3) is 4.93.